The van der Waals surface area contributed by atoms with Gasteiger partial charge in [0.25, 0.3) is 5.91 Å². The van der Waals surface area contributed by atoms with Crippen LogP contribution in [-0.4, -0.2) is 35.1 Å². The highest BCUT2D eigenvalue weighted by atomic mass is 79.9. The van der Waals surface area contributed by atoms with E-state index in [0.29, 0.717) is 17.8 Å². The maximum absolute atomic E-state index is 12.2. The molecule has 5 heteroatoms. The van der Waals surface area contributed by atoms with Crippen molar-refractivity contribution < 1.29 is 9.90 Å². The summed E-state index contributed by atoms with van der Waals surface area (Å²) in [6.07, 6.45) is 1.82. The Balaban J connectivity index is 2.21. The summed E-state index contributed by atoms with van der Waals surface area (Å²) in [5, 5.41) is 9.20. The van der Waals surface area contributed by atoms with Crippen LogP contribution in [0.25, 0.3) is 0 Å². The maximum atomic E-state index is 12.2. The number of carbonyl (C=O) groups excluding carboxylic acids is 1. The molecule has 1 aliphatic heterocycles. The first-order valence-corrected chi connectivity index (χ1v) is 6.39. The average molecular weight is 299 g/mol. The Morgan fingerprint density at radius 2 is 2.35 bits per heavy atom. The summed E-state index contributed by atoms with van der Waals surface area (Å²) in [4.78, 5) is 13.9. The van der Waals surface area contributed by atoms with E-state index in [1.54, 1.807) is 23.1 Å². The number of hydrogen-bond donors (Lipinski definition) is 2. The molecule has 1 aromatic rings. The molecule has 0 bridgehead atoms. The predicted molar refractivity (Wildman–Crippen MR) is 69.7 cm³/mol. The minimum Gasteiger partial charge on any atom is -0.398 e. The number of nitrogen functional groups attached to an aromatic ring is 1. The van der Waals surface area contributed by atoms with E-state index >= 15 is 0 Å². The molecule has 2 rings (SSSR count). The lowest BCUT2D eigenvalue weighted by Crippen LogP contribution is -2.37. The van der Waals surface area contributed by atoms with Crippen molar-refractivity contribution in [2.45, 2.75) is 18.9 Å². The van der Waals surface area contributed by atoms with E-state index < -0.39 is 0 Å². The Labute approximate surface area is 109 Å². The second-order valence-electron chi connectivity index (χ2n) is 4.21. The van der Waals surface area contributed by atoms with E-state index in [4.69, 9.17) is 5.73 Å². The first-order valence-electron chi connectivity index (χ1n) is 5.60. The van der Waals surface area contributed by atoms with Gasteiger partial charge in [-0.05, 0) is 47.0 Å². The number of rotatable bonds is 2. The summed E-state index contributed by atoms with van der Waals surface area (Å²) < 4.78 is 0.786. The van der Waals surface area contributed by atoms with Gasteiger partial charge in [-0.2, -0.15) is 0 Å². The number of aliphatic hydroxyl groups excluding tert-OH is 1. The number of aliphatic hydroxyl groups is 1. The summed E-state index contributed by atoms with van der Waals surface area (Å²) in [5.41, 5.74) is 6.88. The molecule has 1 aromatic carbocycles. The minimum atomic E-state index is -0.0549. The van der Waals surface area contributed by atoms with Gasteiger partial charge in [0.05, 0.1) is 12.6 Å². The van der Waals surface area contributed by atoms with Gasteiger partial charge in [-0.1, -0.05) is 0 Å². The molecule has 0 radical (unpaired) electrons. The second kappa shape index (κ2) is 5.06. The molecule has 1 saturated heterocycles. The number of carbonyl (C=O) groups is 1. The smallest absolute Gasteiger partial charge is 0.254 e. The molecular weight excluding hydrogens is 284 g/mol. The molecule has 0 aromatic heterocycles. The Kier molecular flexibility index (Phi) is 3.69. The third-order valence-electron chi connectivity index (χ3n) is 3.09. The van der Waals surface area contributed by atoms with Crippen LogP contribution in [0.15, 0.2) is 22.7 Å². The Morgan fingerprint density at radius 3 is 3.00 bits per heavy atom. The Bertz CT molecular complexity index is 437. The number of anilines is 1. The first-order chi connectivity index (χ1) is 8.13. The van der Waals surface area contributed by atoms with Gasteiger partial charge < -0.3 is 15.7 Å². The van der Waals surface area contributed by atoms with Gasteiger partial charge in [-0.15, -0.1) is 0 Å². The van der Waals surface area contributed by atoms with Crippen LogP contribution in [0, 0.1) is 0 Å². The van der Waals surface area contributed by atoms with Gasteiger partial charge >= 0.3 is 0 Å². The van der Waals surface area contributed by atoms with Crippen molar-refractivity contribution in [3.8, 4) is 0 Å². The standard InChI is InChI=1S/C12H15BrN2O2/c13-10-4-3-8(6-11(10)14)12(17)15-5-1-2-9(15)7-16/h3-4,6,9,16H,1-2,5,7,14H2/t9-/m0/s1. The summed E-state index contributed by atoms with van der Waals surface area (Å²) in [6, 6.07) is 5.13. The van der Waals surface area contributed by atoms with Crippen LogP contribution >= 0.6 is 15.9 Å². The zero-order chi connectivity index (χ0) is 12.4. The van der Waals surface area contributed by atoms with Crippen molar-refractivity contribution in [1.82, 2.24) is 4.90 Å². The van der Waals surface area contributed by atoms with Crippen LogP contribution in [0.1, 0.15) is 23.2 Å². The van der Waals surface area contributed by atoms with Gasteiger partial charge in [-0.25, -0.2) is 0 Å². The minimum absolute atomic E-state index is 0.0255. The topological polar surface area (TPSA) is 66.6 Å². The first kappa shape index (κ1) is 12.4. The Morgan fingerprint density at radius 1 is 1.59 bits per heavy atom. The molecule has 1 amide bonds. The van der Waals surface area contributed by atoms with E-state index in [9.17, 15) is 9.90 Å². The lowest BCUT2D eigenvalue weighted by molar-refractivity contribution is 0.0677. The molecule has 3 N–H and O–H groups in total. The van der Waals surface area contributed by atoms with Crippen molar-refractivity contribution in [3.05, 3.63) is 28.2 Å². The average Bonchev–Trinajstić information content (AvgIpc) is 2.80. The number of nitrogens with two attached hydrogens (primary N) is 1. The summed E-state index contributed by atoms with van der Waals surface area (Å²) >= 11 is 3.30. The van der Waals surface area contributed by atoms with Crippen LogP contribution in [0.2, 0.25) is 0 Å². The molecule has 1 atom stereocenters. The van der Waals surface area contributed by atoms with E-state index in [0.717, 1.165) is 17.3 Å². The van der Waals surface area contributed by atoms with E-state index in [2.05, 4.69) is 15.9 Å². The predicted octanol–water partition coefficient (Wildman–Crippen LogP) is 1.63. The zero-order valence-corrected chi connectivity index (χ0v) is 11.0. The third kappa shape index (κ3) is 2.45. The van der Waals surface area contributed by atoms with Gasteiger partial charge in [0.15, 0.2) is 0 Å². The summed E-state index contributed by atoms with van der Waals surface area (Å²) in [6.45, 7) is 0.734. The SMILES string of the molecule is Nc1cc(C(=O)N2CCC[C@H]2CO)ccc1Br. The van der Waals surface area contributed by atoms with Gasteiger partial charge in [0.2, 0.25) is 0 Å². The lowest BCUT2D eigenvalue weighted by Gasteiger charge is -2.23. The fourth-order valence-corrected chi connectivity index (χ4v) is 2.38. The van der Waals surface area contributed by atoms with Crippen molar-refractivity contribution in [2.75, 3.05) is 18.9 Å². The number of amides is 1. The molecule has 0 spiro atoms. The largest absolute Gasteiger partial charge is 0.398 e. The quantitative estimate of drug-likeness (QED) is 0.816. The fourth-order valence-electron chi connectivity index (χ4n) is 2.14. The van der Waals surface area contributed by atoms with Crippen LogP contribution in [0.5, 0.6) is 0 Å². The van der Waals surface area contributed by atoms with E-state index in [1.165, 1.54) is 0 Å². The van der Waals surface area contributed by atoms with Gasteiger partial charge in [0.1, 0.15) is 0 Å². The monoisotopic (exact) mass is 298 g/mol. The number of nitrogens with zero attached hydrogens (tertiary/aromatic N) is 1. The fraction of sp³-hybridized carbons (Fsp3) is 0.417. The van der Waals surface area contributed by atoms with Crippen molar-refractivity contribution >= 4 is 27.5 Å². The number of benzene rings is 1. The zero-order valence-electron chi connectivity index (χ0n) is 9.40. The van der Waals surface area contributed by atoms with Gasteiger partial charge in [-0.3, -0.25) is 4.79 Å². The van der Waals surface area contributed by atoms with Crippen molar-refractivity contribution in [2.24, 2.45) is 0 Å². The summed E-state index contributed by atoms with van der Waals surface area (Å²) in [7, 11) is 0. The van der Waals surface area contributed by atoms with Gasteiger partial charge in [0, 0.05) is 22.3 Å². The molecule has 1 fully saturated rings. The number of likely N-dealkylation sites (tertiary alicyclic amines) is 1. The molecule has 4 nitrogen and oxygen atoms in total. The molecule has 1 heterocycles. The van der Waals surface area contributed by atoms with Crippen LogP contribution < -0.4 is 5.73 Å². The maximum Gasteiger partial charge on any atom is 0.254 e. The van der Waals surface area contributed by atoms with Crippen LogP contribution in [-0.2, 0) is 0 Å². The molecule has 0 saturated carbocycles. The highest BCUT2D eigenvalue weighted by Crippen LogP contribution is 2.24. The third-order valence-corrected chi connectivity index (χ3v) is 3.81. The molecular formula is C12H15BrN2O2. The molecule has 17 heavy (non-hydrogen) atoms. The highest BCUT2D eigenvalue weighted by Gasteiger charge is 2.28. The lowest BCUT2D eigenvalue weighted by atomic mass is 10.1. The highest BCUT2D eigenvalue weighted by molar-refractivity contribution is 9.10. The van der Waals surface area contributed by atoms with E-state index in [1.807, 2.05) is 0 Å². The normalized spacial score (nSPS) is 19.6. The van der Waals surface area contributed by atoms with Crippen LogP contribution in [0.4, 0.5) is 5.69 Å². The molecule has 0 unspecified atom stereocenters. The van der Waals surface area contributed by atoms with Crippen molar-refractivity contribution in [1.29, 1.82) is 0 Å². The number of hydrogen-bond acceptors (Lipinski definition) is 3. The molecule has 92 valence electrons. The molecule has 1 aliphatic rings. The second-order valence-corrected chi connectivity index (χ2v) is 5.07. The molecule has 0 aliphatic carbocycles. The Hall–Kier alpha value is -1.07. The van der Waals surface area contributed by atoms with Crippen molar-refractivity contribution in [3.63, 3.8) is 0 Å². The number of halogens is 1. The summed E-state index contributed by atoms with van der Waals surface area (Å²) in [5.74, 6) is -0.0549. The van der Waals surface area contributed by atoms with Crippen LogP contribution in [0.3, 0.4) is 0 Å². The van der Waals surface area contributed by atoms with E-state index in [-0.39, 0.29) is 18.6 Å².